The Morgan fingerprint density at radius 2 is 1.60 bits per heavy atom. The molecule has 10 nitrogen and oxygen atoms in total. The number of aromatic nitrogens is 5. The van der Waals surface area contributed by atoms with Crippen LogP contribution in [0.1, 0.15) is 26.3 Å². The number of rotatable bonds is 7. The van der Waals surface area contributed by atoms with Crippen LogP contribution in [0.5, 0.6) is 11.8 Å². The Morgan fingerprint density at radius 3 is 2.29 bits per heavy atom. The van der Waals surface area contributed by atoms with Crippen LogP contribution in [-0.2, 0) is 6.18 Å². The molecule has 0 radical (unpaired) electrons. The third-order valence-electron chi connectivity index (χ3n) is 5.86. The van der Waals surface area contributed by atoms with Crippen LogP contribution < -0.4 is 20.7 Å². The fraction of sp³-hybridized carbons (Fsp3) is 0.207. The van der Waals surface area contributed by atoms with Gasteiger partial charge in [-0.2, -0.15) is 13.2 Å². The number of imidazole rings is 1. The molecular formula is C29H27F3N8O2. The maximum Gasteiger partial charge on any atom is 0.416 e. The summed E-state index contributed by atoms with van der Waals surface area (Å²) in [5.74, 6) is 1.23. The third-order valence-corrected chi connectivity index (χ3v) is 5.86. The molecule has 0 unspecified atom stereocenters. The molecule has 0 saturated carbocycles. The van der Waals surface area contributed by atoms with E-state index in [1.807, 2.05) is 24.3 Å². The maximum absolute atomic E-state index is 12.9. The molecule has 2 aromatic carbocycles. The molecule has 13 heteroatoms. The second-order valence-corrected chi connectivity index (χ2v) is 10.6. The predicted octanol–water partition coefficient (Wildman–Crippen LogP) is 7.10. The third kappa shape index (κ3) is 7.11. The van der Waals surface area contributed by atoms with Gasteiger partial charge in [0, 0.05) is 17.8 Å². The van der Waals surface area contributed by atoms with Crippen LogP contribution in [0.15, 0.2) is 79.3 Å². The minimum absolute atomic E-state index is 0.0102. The Hall–Kier alpha value is -5.20. The van der Waals surface area contributed by atoms with Crippen molar-refractivity contribution < 1.29 is 22.7 Å². The van der Waals surface area contributed by atoms with E-state index >= 15 is 0 Å². The molecule has 0 aliphatic heterocycles. The molecule has 2 amide bonds. The summed E-state index contributed by atoms with van der Waals surface area (Å²) < 4.78 is 46.2. The van der Waals surface area contributed by atoms with Crippen molar-refractivity contribution in [2.24, 2.45) is 5.41 Å². The van der Waals surface area contributed by atoms with E-state index in [-0.39, 0.29) is 22.8 Å². The largest absolute Gasteiger partial charge is 0.424 e. The van der Waals surface area contributed by atoms with Crippen LogP contribution in [0.2, 0.25) is 0 Å². The van der Waals surface area contributed by atoms with Crippen molar-refractivity contribution in [3.63, 3.8) is 0 Å². The van der Waals surface area contributed by atoms with Crippen LogP contribution in [-0.4, -0.2) is 37.1 Å². The van der Waals surface area contributed by atoms with Gasteiger partial charge in [0.15, 0.2) is 5.65 Å². The van der Waals surface area contributed by atoms with Gasteiger partial charge in [0.05, 0.1) is 35.5 Å². The lowest BCUT2D eigenvalue weighted by atomic mass is 9.97. The van der Waals surface area contributed by atoms with E-state index in [0.717, 1.165) is 41.4 Å². The average Bonchev–Trinajstić information content (AvgIpc) is 3.36. The Bertz CT molecular complexity index is 1700. The highest BCUT2D eigenvalue weighted by Crippen LogP contribution is 2.31. The number of carbonyl (C=O) groups excluding carboxylic acids is 1. The number of anilines is 3. The van der Waals surface area contributed by atoms with Gasteiger partial charge in [0.1, 0.15) is 11.6 Å². The van der Waals surface area contributed by atoms with Gasteiger partial charge in [-0.1, -0.05) is 26.8 Å². The van der Waals surface area contributed by atoms with Gasteiger partial charge in [-0.05, 0) is 60.0 Å². The fourth-order valence-corrected chi connectivity index (χ4v) is 3.82. The van der Waals surface area contributed by atoms with Crippen molar-refractivity contribution in [3.05, 3.63) is 84.8 Å². The standard InChI is InChI=1S/C29H27F3N8O2/c1-28(2,3)17-36-24-11-12-25-33-16-23(40(25)39-24)18-7-9-22(10-8-18)42-27-34-14-21(15-35-27)38-26(41)37-20-6-4-5-19(13-20)29(30,31)32/h4-16H,17H2,1-3H3,(H,36,39)(H2,37,38,41). The molecule has 216 valence electrons. The first-order valence-corrected chi connectivity index (χ1v) is 12.9. The summed E-state index contributed by atoms with van der Waals surface area (Å²) in [5, 5.41) is 12.9. The molecule has 0 saturated heterocycles. The highest BCUT2D eigenvalue weighted by Gasteiger charge is 2.30. The summed E-state index contributed by atoms with van der Waals surface area (Å²) in [5.41, 5.74) is 1.86. The number of urea groups is 1. The lowest BCUT2D eigenvalue weighted by Gasteiger charge is -2.19. The van der Waals surface area contributed by atoms with E-state index in [2.05, 4.69) is 56.8 Å². The van der Waals surface area contributed by atoms with Gasteiger partial charge >= 0.3 is 18.2 Å². The summed E-state index contributed by atoms with van der Waals surface area (Å²) in [6, 6.07) is 14.7. The number of carbonyl (C=O) groups is 1. The lowest BCUT2D eigenvalue weighted by molar-refractivity contribution is -0.137. The lowest BCUT2D eigenvalue weighted by Crippen LogP contribution is -2.20. The van der Waals surface area contributed by atoms with Gasteiger partial charge in [-0.15, -0.1) is 5.10 Å². The zero-order valence-electron chi connectivity index (χ0n) is 22.9. The summed E-state index contributed by atoms with van der Waals surface area (Å²) in [4.78, 5) is 24.8. The number of hydrogen-bond donors (Lipinski definition) is 3. The van der Waals surface area contributed by atoms with E-state index in [1.165, 1.54) is 24.5 Å². The summed E-state index contributed by atoms with van der Waals surface area (Å²) in [7, 11) is 0. The summed E-state index contributed by atoms with van der Waals surface area (Å²) >= 11 is 0. The quantitative estimate of drug-likeness (QED) is 0.189. The molecule has 0 spiro atoms. The van der Waals surface area contributed by atoms with Crippen molar-refractivity contribution in [1.29, 1.82) is 0 Å². The molecule has 42 heavy (non-hydrogen) atoms. The minimum Gasteiger partial charge on any atom is -0.424 e. The molecule has 3 aromatic heterocycles. The molecule has 0 atom stereocenters. The number of nitrogens with one attached hydrogen (secondary N) is 3. The molecule has 5 aromatic rings. The summed E-state index contributed by atoms with van der Waals surface area (Å²) in [6.45, 7) is 7.21. The number of halogens is 3. The Morgan fingerprint density at radius 1 is 0.881 bits per heavy atom. The van der Waals surface area contributed by atoms with Crippen molar-refractivity contribution in [2.75, 3.05) is 22.5 Å². The molecule has 0 aliphatic carbocycles. The second kappa shape index (κ2) is 11.4. The maximum atomic E-state index is 12.9. The van der Waals surface area contributed by atoms with Crippen molar-refractivity contribution in [1.82, 2.24) is 24.6 Å². The van der Waals surface area contributed by atoms with Crippen LogP contribution in [0.3, 0.4) is 0 Å². The normalized spacial score (nSPS) is 11.8. The zero-order chi connectivity index (χ0) is 29.9. The first kappa shape index (κ1) is 28.3. The minimum atomic E-state index is -4.52. The number of ether oxygens (including phenoxy) is 1. The number of benzene rings is 2. The number of fused-ring (bicyclic) bond motifs is 1. The molecular weight excluding hydrogens is 549 g/mol. The van der Waals surface area contributed by atoms with Gasteiger partial charge in [-0.25, -0.2) is 24.3 Å². The van der Waals surface area contributed by atoms with Crippen LogP contribution in [0.4, 0.5) is 35.2 Å². The van der Waals surface area contributed by atoms with Crippen LogP contribution in [0.25, 0.3) is 16.9 Å². The number of hydrogen-bond acceptors (Lipinski definition) is 7. The van der Waals surface area contributed by atoms with Gasteiger partial charge < -0.3 is 20.7 Å². The topological polar surface area (TPSA) is 118 Å². The van der Waals surface area contributed by atoms with Crippen LogP contribution in [0, 0.1) is 5.41 Å². The van der Waals surface area contributed by atoms with Gasteiger partial charge in [0.2, 0.25) is 0 Å². The molecule has 0 aliphatic rings. The van der Waals surface area contributed by atoms with Gasteiger partial charge in [0.25, 0.3) is 0 Å². The van der Waals surface area contributed by atoms with E-state index in [9.17, 15) is 18.0 Å². The van der Waals surface area contributed by atoms with Gasteiger partial charge in [-0.3, -0.25) is 0 Å². The Kier molecular flexibility index (Phi) is 7.66. The number of alkyl halides is 3. The first-order valence-electron chi connectivity index (χ1n) is 12.9. The van der Waals surface area contributed by atoms with E-state index in [1.54, 1.807) is 22.8 Å². The molecule has 3 N–H and O–H groups in total. The predicted molar refractivity (Wildman–Crippen MR) is 153 cm³/mol. The zero-order valence-corrected chi connectivity index (χ0v) is 22.9. The van der Waals surface area contributed by atoms with E-state index in [0.29, 0.717) is 5.75 Å². The Balaban J connectivity index is 1.20. The SMILES string of the molecule is CC(C)(C)CNc1ccc2ncc(-c3ccc(Oc4ncc(NC(=O)Nc5cccc(C(F)(F)F)c5)cn4)cc3)n2n1. The molecule has 3 heterocycles. The fourth-order valence-electron chi connectivity index (χ4n) is 3.82. The van der Waals surface area contributed by atoms with Crippen molar-refractivity contribution in [3.8, 4) is 23.0 Å². The highest BCUT2D eigenvalue weighted by atomic mass is 19.4. The second-order valence-electron chi connectivity index (χ2n) is 10.6. The average molecular weight is 577 g/mol. The highest BCUT2D eigenvalue weighted by molar-refractivity contribution is 5.99. The van der Waals surface area contributed by atoms with E-state index in [4.69, 9.17) is 4.74 Å². The van der Waals surface area contributed by atoms with Crippen molar-refractivity contribution in [2.45, 2.75) is 26.9 Å². The first-order chi connectivity index (χ1) is 19.9. The van der Waals surface area contributed by atoms with Crippen molar-refractivity contribution >= 4 is 28.9 Å². The monoisotopic (exact) mass is 576 g/mol. The summed E-state index contributed by atoms with van der Waals surface area (Å²) in [6.07, 6.45) is -0.129. The smallest absolute Gasteiger partial charge is 0.416 e. The molecule has 0 bridgehead atoms. The van der Waals surface area contributed by atoms with Crippen LogP contribution >= 0.6 is 0 Å². The molecule has 0 fully saturated rings. The van der Waals surface area contributed by atoms with E-state index < -0.39 is 17.8 Å². The Labute approximate surface area is 239 Å². The molecule has 5 rings (SSSR count). The number of amides is 2. The number of nitrogens with zero attached hydrogens (tertiary/aromatic N) is 5.